The van der Waals surface area contributed by atoms with E-state index < -0.39 is 17.6 Å². The highest BCUT2D eigenvalue weighted by Gasteiger charge is 2.23. The summed E-state index contributed by atoms with van der Waals surface area (Å²) in [6, 6.07) is 15.6. The highest BCUT2D eigenvalue weighted by atomic mass is 32.1. The van der Waals surface area contributed by atoms with E-state index in [1.165, 1.54) is 0 Å². The maximum Gasteiger partial charge on any atom is 0.359 e. The van der Waals surface area contributed by atoms with E-state index in [-0.39, 0.29) is 17.7 Å². The maximum atomic E-state index is 13.4. The fraction of sp³-hybridized carbons (Fsp3) is 0.130. The lowest BCUT2D eigenvalue weighted by Gasteiger charge is -2.10. The molecule has 32 heavy (non-hydrogen) atoms. The van der Waals surface area contributed by atoms with Crippen molar-refractivity contribution in [3.8, 4) is 5.69 Å². The molecule has 4 rings (SSSR count). The number of nitrogens with zero attached hydrogens (tertiary/aromatic N) is 2. The van der Waals surface area contributed by atoms with Crippen molar-refractivity contribution in [2.75, 3.05) is 17.2 Å². The molecule has 2 amide bonds. The van der Waals surface area contributed by atoms with Crippen molar-refractivity contribution in [3.05, 3.63) is 81.6 Å². The van der Waals surface area contributed by atoms with Gasteiger partial charge in [-0.05, 0) is 38.1 Å². The Hall–Kier alpha value is -3.98. The normalized spacial score (nSPS) is 10.7. The fourth-order valence-corrected chi connectivity index (χ4v) is 4.07. The van der Waals surface area contributed by atoms with Crippen LogP contribution in [0.5, 0.6) is 0 Å². The van der Waals surface area contributed by atoms with Crippen LogP contribution in [-0.2, 0) is 4.74 Å². The summed E-state index contributed by atoms with van der Waals surface area (Å²) >= 11 is 1.14. The molecule has 8 nitrogen and oxygen atoms in total. The molecule has 162 valence electrons. The van der Waals surface area contributed by atoms with Crippen LogP contribution in [0.1, 0.15) is 23.0 Å². The molecule has 0 aliphatic rings. The van der Waals surface area contributed by atoms with E-state index in [2.05, 4.69) is 15.7 Å². The van der Waals surface area contributed by atoms with Crippen molar-refractivity contribution in [2.24, 2.45) is 0 Å². The molecule has 2 aromatic carbocycles. The third-order valence-corrected chi connectivity index (χ3v) is 5.55. The number of nitrogens with one attached hydrogen (secondary N) is 2. The van der Waals surface area contributed by atoms with E-state index in [0.717, 1.165) is 21.6 Å². The predicted octanol–water partition coefficient (Wildman–Crippen LogP) is 4.58. The zero-order valence-electron chi connectivity index (χ0n) is 17.4. The molecule has 2 heterocycles. The van der Waals surface area contributed by atoms with Gasteiger partial charge in [0.05, 0.1) is 17.7 Å². The van der Waals surface area contributed by atoms with Crippen LogP contribution in [0.15, 0.2) is 64.8 Å². The number of ether oxygens (including phenoxy) is 1. The van der Waals surface area contributed by atoms with Crippen molar-refractivity contribution in [3.63, 3.8) is 0 Å². The van der Waals surface area contributed by atoms with Crippen molar-refractivity contribution in [1.29, 1.82) is 0 Å². The number of anilines is 2. The van der Waals surface area contributed by atoms with E-state index in [9.17, 15) is 14.4 Å². The number of benzene rings is 2. The Morgan fingerprint density at radius 2 is 1.78 bits per heavy atom. The number of fused-ring (bicyclic) bond motifs is 1. The molecular formula is C23H20N4O4S. The Bertz CT molecular complexity index is 1340. The zero-order valence-corrected chi connectivity index (χ0v) is 18.2. The van der Waals surface area contributed by atoms with Crippen LogP contribution in [-0.4, -0.2) is 28.4 Å². The number of para-hydroxylation sites is 1. The fourth-order valence-electron chi connectivity index (χ4n) is 3.14. The third-order valence-electron chi connectivity index (χ3n) is 4.66. The standard InChI is InChI=1S/C23H20N4O4S/c1-3-31-22(29)19-17-13-32-20(25-23(30)24-15-7-5-4-6-8-15)18(17)21(28)27(26-19)16-11-9-14(2)10-12-16/h4-13H,3H2,1-2H3,(H2,24,25,30). The second-order valence-corrected chi connectivity index (χ2v) is 7.80. The summed E-state index contributed by atoms with van der Waals surface area (Å²) in [5.74, 6) is -0.642. The zero-order chi connectivity index (χ0) is 22.7. The number of carbonyl (C=O) groups excluding carboxylic acids is 2. The Balaban J connectivity index is 1.81. The first-order chi connectivity index (χ1) is 15.5. The number of aromatic nitrogens is 2. The Morgan fingerprint density at radius 1 is 1.06 bits per heavy atom. The Kier molecular flexibility index (Phi) is 6.00. The lowest BCUT2D eigenvalue weighted by atomic mass is 10.2. The van der Waals surface area contributed by atoms with Crippen LogP contribution in [0.25, 0.3) is 16.5 Å². The molecule has 0 saturated heterocycles. The highest BCUT2D eigenvalue weighted by molar-refractivity contribution is 7.16. The van der Waals surface area contributed by atoms with Gasteiger partial charge in [-0.2, -0.15) is 9.78 Å². The van der Waals surface area contributed by atoms with Gasteiger partial charge in [-0.3, -0.25) is 10.1 Å². The summed E-state index contributed by atoms with van der Waals surface area (Å²) in [6.07, 6.45) is 0. The van der Waals surface area contributed by atoms with E-state index in [4.69, 9.17) is 4.74 Å². The molecule has 0 radical (unpaired) electrons. The van der Waals surface area contributed by atoms with E-state index in [1.54, 1.807) is 48.7 Å². The highest BCUT2D eigenvalue weighted by Crippen LogP contribution is 2.30. The van der Waals surface area contributed by atoms with E-state index in [0.29, 0.717) is 21.8 Å². The summed E-state index contributed by atoms with van der Waals surface area (Å²) < 4.78 is 6.30. The molecule has 0 bridgehead atoms. The summed E-state index contributed by atoms with van der Waals surface area (Å²) in [6.45, 7) is 3.79. The molecule has 0 atom stereocenters. The number of rotatable bonds is 5. The van der Waals surface area contributed by atoms with Crippen LogP contribution in [0, 0.1) is 6.92 Å². The molecule has 2 aromatic heterocycles. The molecular weight excluding hydrogens is 428 g/mol. The summed E-state index contributed by atoms with van der Waals surface area (Å²) in [5.41, 5.74) is 1.68. The number of aryl methyl sites for hydroxylation is 1. The lowest BCUT2D eigenvalue weighted by Crippen LogP contribution is -2.26. The quantitative estimate of drug-likeness (QED) is 0.435. The third kappa shape index (κ3) is 4.23. The van der Waals surface area contributed by atoms with E-state index >= 15 is 0 Å². The Labute approximate surface area is 187 Å². The van der Waals surface area contributed by atoms with Gasteiger partial charge in [0.1, 0.15) is 5.00 Å². The molecule has 0 unspecified atom stereocenters. The predicted molar refractivity (Wildman–Crippen MR) is 125 cm³/mol. The van der Waals surface area contributed by atoms with Crippen LogP contribution in [0.2, 0.25) is 0 Å². The molecule has 2 N–H and O–H groups in total. The van der Waals surface area contributed by atoms with Crippen molar-refractivity contribution in [1.82, 2.24) is 9.78 Å². The average molecular weight is 449 g/mol. The van der Waals surface area contributed by atoms with Crippen LogP contribution in [0.3, 0.4) is 0 Å². The molecule has 0 spiro atoms. The first-order valence-electron chi connectivity index (χ1n) is 9.89. The van der Waals surface area contributed by atoms with Crippen LogP contribution < -0.4 is 16.2 Å². The second kappa shape index (κ2) is 9.03. The van der Waals surface area contributed by atoms with Gasteiger partial charge in [-0.25, -0.2) is 9.59 Å². The lowest BCUT2D eigenvalue weighted by molar-refractivity contribution is 0.0520. The molecule has 9 heteroatoms. The smallest absolute Gasteiger partial charge is 0.359 e. The largest absolute Gasteiger partial charge is 0.461 e. The number of hydrogen-bond acceptors (Lipinski definition) is 6. The number of esters is 1. The number of amides is 2. The SMILES string of the molecule is CCOC(=O)c1nn(-c2ccc(C)cc2)c(=O)c2c(NC(=O)Nc3ccccc3)scc12. The maximum absolute atomic E-state index is 13.4. The minimum absolute atomic E-state index is 0.00907. The van der Waals surface area contributed by atoms with Gasteiger partial charge in [0.15, 0.2) is 5.69 Å². The first kappa shape index (κ1) is 21.3. The van der Waals surface area contributed by atoms with Crippen molar-refractivity contribution >= 4 is 44.8 Å². The van der Waals surface area contributed by atoms with Crippen molar-refractivity contribution < 1.29 is 14.3 Å². The number of thiophene rings is 1. The molecule has 0 aliphatic carbocycles. The molecule has 0 fully saturated rings. The van der Waals surface area contributed by atoms with Gasteiger partial charge in [0.25, 0.3) is 5.56 Å². The second-order valence-electron chi connectivity index (χ2n) is 6.92. The summed E-state index contributed by atoms with van der Waals surface area (Å²) in [7, 11) is 0. The van der Waals surface area contributed by atoms with Gasteiger partial charge in [0.2, 0.25) is 0 Å². The molecule has 4 aromatic rings. The number of carbonyl (C=O) groups is 2. The topological polar surface area (TPSA) is 102 Å². The van der Waals surface area contributed by atoms with Gasteiger partial charge < -0.3 is 10.1 Å². The van der Waals surface area contributed by atoms with Crippen LogP contribution in [0.4, 0.5) is 15.5 Å². The molecule has 0 saturated carbocycles. The summed E-state index contributed by atoms with van der Waals surface area (Å²) in [4.78, 5) is 38.5. The van der Waals surface area contributed by atoms with Gasteiger partial charge in [-0.15, -0.1) is 11.3 Å². The van der Waals surface area contributed by atoms with Gasteiger partial charge >= 0.3 is 12.0 Å². The van der Waals surface area contributed by atoms with Crippen molar-refractivity contribution in [2.45, 2.75) is 13.8 Å². The van der Waals surface area contributed by atoms with E-state index in [1.807, 2.05) is 25.1 Å². The monoisotopic (exact) mass is 448 g/mol. The molecule has 0 aliphatic heterocycles. The van der Waals surface area contributed by atoms with Gasteiger partial charge in [0, 0.05) is 16.5 Å². The average Bonchev–Trinajstić information content (AvgIpc) is 3.19. The first-order valence-corrected chi connectivity index (χ1v) is 10.8. The minimum atomic E-state index is -0.642. The van der Waals surface area contributed by atoms with Crippen LogP contribution >= 0.6 is 11.3 Å². The Morgan fingerprint density at radius 3 is 2.47 bits per heavy atom. The number of urea groups is 1. The number of hydrogen-bond donors (Lipinski definition) is 2. The van der Waals surface area contributed by atoms with Gasteiger partial charge in [-0.1, -0.05) is 35.9 Å². The summed E-state index contributed by atoms with van der Waals surface area (Å²) in [5, 5.41) is 12.2. The minimum Gasteiger partial charge on any atom is -0.461 e.